The zero-order chi connectivity index (χ0) is 14.1. The van der Waals surface area contributed by atoms with Crippen LogP contribution in [0.1, 0.15) is 19.8 Å². The summed E-state index contributed by atoms with van der Waals surface area (Å²) in [5, 5.41) is 0. The van der Waals surface area contributed by atoms with Crippen LogP contribution in [0.25, 0.3) is 0 Å². The second-order valence-corrected chi connectivity index (χ2v) is 7.20. The number of rotatable bonds is 3. The van der Waals surface area contributed by atoms with E-state index in [-0.39, 0.29) is 10.3 Å². The first kappa shape index (κ1) is 14.4. The van der Waals surface area contributed by atoms with Gasteiger partial charge in [-0.25, -0.2) is 12.8 Å². The number of sulfonamides is 1. The van der Waals surface area contributed by atoms with Crippen LogP contribution in [-0.2, 0) is 10.0 Å². The van der Waals surface area contributed by atoms with Gasteiger partial charge in [0.1, 0.15) is 10.7 Å². The molecule has 0 amide bonds. The topological polar surface area (TPSA) is 76.3 Å². The fourth-order valence-electron chi connectivity index (χ4n) is 2.15. The molecule has 0 bridgehead atoms. The Balaban J connectivity index is 2.19. The van der Waals surface area contributed by atoms with Crippen LogP contribution >= 0.6 is 0 Å². The van der Waals surface area contributed by atoms with Crippen molar-refractivity contribution in [2.45, 2.75) is 24.7 Å². The molecular formula is C12H18FN3O2S. The van der Waals surface area contributed by atoms with Gasteiger partial charge in [0.05, 0.1) is 6.20 Å². The van der Waals surface area contributed by atoms with E-state index in [1.807, 2.05) is 0 Å². The highest BCUT2D eigenvalue weighted by Crippen LogP contribution is 2.31. The standard InChI is InChI=1S/C12H18FN3O2S/c1-12(9-14)2-4-16(5-3-12)19(17,18)11-6-10(13)7-15-8-11/h6-8H,2-5,9,14H2,1H3. The van der Waals surface area contributed by atoms with Gasteiger partial charge in [0.2, 0.25) is 10.0 Å². The molecular weight excluding hydrogens is 269 g/mol. The summed E-state index contributed by atoms with van der Waals surface area (Å²) in [6.45, 7) is 3.42. The zero-order valence-corrected chi connectivity index (χ0v) is 11.7. The van der Waals surface area contributed by atoms with Crippen LogP contribution < -0.4 is 5.73 Å². The zero-order valence-electron chi connectivity index (χ0n) is 10.8. The third-order valence-electron chi connectivity index (χ3n) is 3.74. The van der Waals surface area contributed by atoms with Crippen LogP contribution in [0.15, 0.2) is 23.4 Å². The van der Waals surface area contributed by atoms with E-state index in [9.17, 15) is 12.8 Å². The molecule has 0 spiro atoms. The molecule has 2 heterocycles. The number of aromatic nitrogens is 1. The molecule has 5 nitrogen and oxygen atoms in total. The predicted octanol–water partition coefficient (Wildman–Crippen LogP) is 0.970. The molecule has 0 aromatic carbocycles. The number of hydrogen-bond acceptors (Lipinski definition) is 4. The van der Waals surface area contributed by atoms with Crippen LogP contribution in [0, 0.1) is 11.2 Å². The number of halogens is 1. The third-order valence-corrected chi connectivity index (χ3v) is 5.60. The highest BCUT2D eigenvalue weighted by atomic mass is 32.2. The highest BCUT2D eigenvalue weighted by molar-refractivity contribution is 7.89. The molecule has 0 radical (unpaired) electrons. The van der Waals surface area contributed by atoms with Gasteiger partial charge in [0.25, 0.3) is 0 Å². The van der Waals surface area contributed by atoms with Crippen molar-refractivity contribution in [3.05, 3.63) is 24.3 Å². The molecule has 1 aromatic heterocycles. The van der Waals surface area contributed by atoms with E-state index in [1.165, 1.54) is 10.5 Å². The molecule has 19 heavy (non-hydrogen) atoms. The maximum Gasteiger partial charge on any atom is 0.244 e. The molecule has 1 aromatic rings. The van der Waals surface area contributed by atoms with Crippen molar-refractivity contribution in [3.8, 4) is 0 Å². The average molecular weight is 287 g/mol. The molecule has 2 N–H and O–H groups in total. The van der Waals surface area contributed by atoms with E-state index in [0.717, 1.165) is 12.3 Å². The largest absolute Gasteiger partial charge is 0.330 e. The van der Waals surface area contributed by atoms with Crippen molar-refractivity contribution in [3.63, 3.8) is 0 Å². The van der Waals surface area contributed by atoms with Gasteiger partial charge in [-0.3, -0.25) is 4.98 Å². The van der Waals surface area contributed by atoms with Gasteiger partial charge >= 0.3 is 0 Å². The van der Waals surface area contributed by atoms with Gasteiger partial charge in [0.15, 0.2) is 0 Å². The van der Waals surface area contributed by atoms with Gasteiger partial charge in [-0.15, -0.1) is 0 Å². The lowest BCUT2D eigenvalue weighted by atomic mass is 9.81. The summed E-state index contributed by atoms with van der Waals surface area (Å²) < 4.78 is 39.1. The molecule has 106 valence electrons. The normalized spacial score (nSPS) is 20.4. The Morgan fingerprint density at radius 1 is 1.42 bits per heavy atom. The second kappa shape index (κ2) is 5.15. The molecule has 0 saturated carbocycles. The molecule has 1 saturated heterocycles. The summed E-state index contributed by atoms with van der Waals surface area (Å²) >= 11 is 0. The van der Waals surface area contributed by atoms with E-state index < -0.39 is 15.8 Å². The number of nitrogens with two attached hydrogens (primary N) is 1. The molecule has 1 aliphatic heterocycles. The molecule has 2 rings (SSSR count). The minimum absolute atomic E-state index is 0.00773. The van der Waals surface area contributed by atoms with E-state index in [1.54, 1.807) is 0 Å². The average Bonchev–Trinajstić information content (AvgIpc) is 2.39. The lowest BCUT2D eigenvalue weighted by Crippen LogP contribution is -2.44. The van der Waals surface area contributed by atoms with Gasteiger partial charge in [0, 0.05) is 19.3 Å². The Hall–Kier alpha value is -1.05. The fraction of sp³-hybridized carbons (Fsp3) is 0.583. The molecule has 1 aliphatic rings. The van der Waals surface area contributed by atoms with Crippen LogP contribution in [0.4, 0.5) is 4.39 Å². The number of nitrogens with zero attached hydrogens (tertiary/aromatic N) is 2. The van der Waals surface area contributed by atoms with Crippen molar-refractivity contribution in [1.29, 1.82) is 0 Å². The van der Waals surface area contributed by atoms with Crippen LogP contribution in [-0.4, -0.2) is 37.3 Å². The lowest BCUT2D eigenvalue weighted by molar-refractivity contribution is 0.183. The van der Waals surface area contributed by atoms with E-state index in [2.05, 4.69) is 11.9 Å². The first-order valence-corrected chi connectivity index (χ1v) is 7.62. The Kier molecular flexibility index (Phi) is 3.89. The summed E-state index contributed by atoms with van der Waals surface area (Å²) in [6.07, 6.45) is 3.59. The van der Waals surface area contributed by atoms with E-state index in [0.29, 0.717) is 32.5 Å². The summed E-state index contributed by atoms with van der Waals surface area (Å²) in [6, 6.07) is 0.999. The molecule has 0 unspecified atom stereocenters. The predicted molar refractivity (Wildman–Crippen MR) is 69.3 cm³/mol. The number of pyridine rings is 1. The first-order valence-electron chi connectivity index (χ1n) is 6.18. The van der Waals surface area contributed by atoms with Crippen molar-refractivity contribution >= 4 is 10.0 Å². The van der Waals surface area contributed by atoms with Crippen LogP contribution in [0.3, 0.4) is 0 Å². The lowest BCUT2D eigenvalue weighted by Gasteiger charge is -2.37. The number of piperidine rings is 1. The molecule has 1 fully saturated rings. The summed E-state index contributed by atoms with van der Waals surface area (Å²) in [5.41, 5.74) is 5.69. The third kappa shape index (κ3) is 2.93. The quantitative estimate of drug-likeness (QED) is 0.898. The SMILES string of the molecule is CC1(CN)CCN(S(=O)(=O)c2cncc(F)c2)CC1. The van der Waals surface area contributed by atoms with Crippen molar-refractivity contribution < 1.29 is 12.8 Å². The minimum Gasteiger partial charge on any atom is -0.330 e. The van der Waals surface area contributed by atoms with Gasteiger partial charge in [-0.1, -0.05) is 6.92 Å². The summed E-state index contributed by atoms with van der Waals surface area (Å²) in [7, 11) is -3.65. The first-order chi connectivity index (χ1) is 8.87. The summed E-state index contributed by atoms with van der Waals surface area (Å²) in [5.74, 6) is -0.648. The number of hydrogen-bond donors (Lipinski definition) is 1. The summed E-state index contributed by atoms with van der Waals surface area (Å²) in [4.78, 5) is 3.50. The Morgan fingerprint density at radius 3 is 2.58 bits per heavy atom. The second-order valence-electron chi connectivity index (χ2n) is 5.26. The minimum atomic E-state index is -3.65. The van der Waals surface area contributed by atoms with Crippen molar-refractivity contribution in [2.24, 2.45) is 11.1 Å². The maximum absolute atomic E-state index is 13.1. The Morgan fingerprint density at radius 2 is 2.05 bits per heavy atom. The van der Waals surface area contributed by atoms with Crippen LogP contribution in [0.2, 0.25) is 0 Å². The molecule has 7 heteroatoms. The maximum atomic E-state index is 13.1. The highest BCUT2D eigenvalue weighted by Gasteiger charge is 2.34. The Labute approximate surface area is 112 Å². The van der Waals surface area contributed by atoms with Gasteiger partial charge in [-0.05, 0) is 30.9 Å². The van der Waals surface area contributed by atoms with Crippen LogP contribution in [0.5, 0.6) is 0 Å². The van der Waals surface area contributed by atoms with Gasteiger partial charge in [-0.2, -0.15) is 4.31 Å². The Bertz CT molecular complexity index is 554. The van der Waals surface area contributed by atoms with Crippen molar-refractivity contribution in [2.75, 3.05) is 19.6 Å². The monoisotopic (exact) mass is 287 g/mol. The fourth-order valence-corrected chi connectivity index (χ4v) is 3.57. The smallest absolute Gasteiger partial charge is 0.244 e. The molecule has 0 atom stereocenters. The van der Waals surface area contributed by atoms with E-state index >= 15 is 0 Å². The van der Waals surface area contributed by atoms with Crippen molar-refractivity contribution in [1.82, 2.24) is 9.29 Å². The van der Waals surface area contributed by atoms with Gasteiger partial charge < -0.3 is 5.73 Å². The molecule has 0 aliphatic carbocycles. The van der Waals surface area contributed by atoms with E-state index in [4.69, 9.17) is 5.73 Å².